The van der Waals surface area contributed by atoms with Crippen molar-refractivity contribution in [1.82, 2.24) is 9.97 Å². The number of furan rings is 2. The normalized spacial score (nSPS) is 12.0. The third-order valence-electron chi connectivity index (χ3n) is 8.57. The molecule has 5 heteroatoms. The maximum absolute atomic E-state index is 6.42. The van der Waals surface area contributed by atoms with Crippen molar-refractivity contribution in [3.05, 3.63) is 158 Å². The van der Waals surface area contributed by atoms with Crippen LogP contribution in [0.15, 0.2) is 187 Å². The second kappa shape index (κ2) is 11.9. The quantitative estimate of drug-likeness (QED) is 0.190. The van der Waals surface area contributed by atoms with Gasteiger partial charge in [0.2, 0.25) is 5.71 Å². The fourth-order valence-electron chi connectivity index (χ4n) is 6.51. The molecule has 0 aliphatic rings. The van der Waals surface area contributed by atoms with Gasteiger partial charge in [0, 0.05) is 41.9 Å². The number of nitrogens with zero attached hydrogens (tertiary/aromatic N) is 2. The maximum atomic E-state index is 6.42. The first-order chi connectivity index (χ1) is 23.3. The molecule has 0 aliphatic carbocycles. The van der Waals surface area contributed by atoms with Crippen molar-refractivity contribution < 1.29 is 8.83 Å². The first kappa shape index (κ1) is 28.8. The highest BCUT2D eigenvalue weighted by Crippen LogP contribution is 2.73. The first-order valence-corrected chi connectivity index (χ1v) is 17.5. The van der Waals surface area contributed by atoms with Gasteiger partial charge in [0.25, 0.3) is 0 Å². The Labute approximate surface area is 274 Å². The molecule has 0 spiro atoms. The second-order valence-corrected chi connectivity index (χ2v) is 14.2. The Kier molecular flexibility index (Phi) is 7.31. The lowest BCUT2D eigenvalue weighted by molar-refractivity contribution is 0.653. The van der Waals surface area contributed by atoms with Crippen LogP contribution >= 0.6 is 10.0 Å². The lowest BCUT2D eigenvalue weighted by Gasteiger charge is -2.42. The zero-order valence-electron chi connectivity index (χ0n) is 26.1. The maximum Gasteiger partial charge on any atom is 0.230 e. The summed E-state index contributed by atoms with van der Waals surface area (Å²) < 4.78 is 12.4. The van der Waals surface area contributed by atoms with Gasteiger partial charge in [-0.3, -0.25) is 0 Å². The summed E-state index contributed by atoms with van der Waals surface area (Å²) in [6, 6.07) is 52.3. The summed E-state index contributed by atoms with van der Waals surface area (Å²) in [5.74, 6) is 0. The molecule has 0 N–H and O–H groups in total. The summed E-state index contributed by atoms with van der Waals surface area (Å²) in [6.45, 7) is 4.00. The number of rotatable bonds is 5. The van der Waals surface area contributed by atoms with Gasteiger partial charge < -0.3 is 8.83 Å². The van der Waals surface area contributed by atoms with Crippen molar-refractivity contribution in [2.24, 2.45) is 0 Å². The van der Waals surface area contributed by atoms with E-state index in [2.05, 4.69) is 149 Å². The summed E-state index contributed by atoms with van der Waals surface area (Å²) in [6.07, 6.45) is 3.33. The SMILES string of the molecule is CC.c1ccc(S(c2ccccc2)(c2ccccc2)c2ccc3oc4ccc(-c5ccc6oc7ncncc7c6c5)cc4c3c2)cc1. The summed E-state index contributed by atoms with van der Waals surface area (Å²) >= 11 is 0. The molecule has 0 saturated heterocycles. The number of aromatic nitrogens is 2. The van der Waals surface area contributed by atoms with Gasteiger partial charge in [-0.15, -0.1) is 10.0 Å². The van der Waals surface area contributed by atoms with Crippen molar-refractivity contribution in [2.75, 3.05) is 0 Å². The zero-order chi connectivity index (χ0) is 31.8. The Hall–Kier alpha value is -5.65. The second-order valence-electron chi connectivity index (χ2n) is 11.1. The van der Waals surface area contributed by atoms with Gasteiger partial charge in [-0.05, 0) is 90.0 Å². The third-order valence-corrected chi connectivity index (χ3v) is 12.5. The predicted octanol–water partition coefficient (Wildman–Crippen LogP) is 12.3. The van der Waals surface area contributed by atoms with Gasteiger partial charge in [-0.25, -0.2) is 9.97 Å². The highest BCUT2D eigenvalue weighted by atomic mass is 32.3. The summed E-state index contributed by atoms with van der Waals surface area (Å²) in [4.78, 5) is 13.6. The molecule has 4 nitrogen and oxygen atoms in total. The average Bonchev–Trinajstić information content (AvgIpc) is 3.71. The van der Waals surface area contributed by atoms with E-state index in [-0.39, 0.29) is 0 Å². The van der Waals surface area contributed by atoms with Gasteiger partial charge in [0.05, 0.1) is 5.39 Å². The van der Waals surface area contributed by atoms with Gasteiger partial charge in [-0.1, -0.05) is 80.6 Å². The number of fused-ring (bicyclic) bond motifs is 6. The molecule has 0 unspecified atom stereocenters. The van der Waals surface area contributed by atoms with Crippen LogP contribution in [0.5, 0.6) is 0 Å². The van der Waals surface area contributed by atoms with E-state index in [1.807, 2.05) is 26.1 Å². The predicted molar refractivity (Wildman–Crippen MR) is 193 cm³/mol. The van der Waals surface area contributed by atoms with Crippen molar-refractivity contribution in [3.8, 4) is 11.1 Å². The van der Waals surface area contributed by atoms with Crippen molar-refractivity contribution in [1.29, 1.82) is 0 Å². The average molecular weight is 629 g/mol. The highest BCUT2D eigenvalue weighted by molar-refractivity contribution is 8.34. The minimum atomic E-state index is -1.81. The minimum absolute atomic E-state index is 0.599. The van der Waals surface area contributed by atoms with Crippen LogP contribution in [-0.2, 0) is 0 Å². The topological polar surface area (TPSA) is 52.1 Å². The highest BCUT2D eigenvalue weighted by Gasteiger charge is 2.33. The van der Waals surface area contributed by atoms with Crippen LogP contribution in [0.25, 0.3) is 55.1 Å². The van der Waals surface area contributed by atoms with E-state index < -0.39 is 10.0 Å². The molecule has 0 saturated carbocycles. The molecule has 6 aromatic carbocycles. The largest absolute Gasteiger partial charge is 0.456 e. The summed E-state index contributed by atoms with van der Waals surface area (Å²) in [5.41, 5.74) is 5.35. The molecular formula is C42H32N2O2S. The fourth-order valence-corrected chi connectivity index (χ4v) is 10.4. The molecule has 0 radical (unpaired) electrons. The van der Waals surface area contributed by atoms with Crippen LogP contribution in [0.1, 0.15) is 13.8 Å². The molecule has 0 aliphatic heterocycles. The van der Waals surface area contributed by atoms with Gasteiger partial charge in [0.1, 0.15) is 23.1 Å². The van der Waals surface area contributed by atoms with E-state index in [9.17, 15) is 0 Å². The molecule has 47 heavy (non-hydrogen) atoms. The monoisotopic (exact) mass is 628 g/mol. The first-order valence-electron chi connectivity index (χ1n) is 15.9. The van der Waals surface area contributed by atoms with E-state index in [1.165, 1.54) is 25.9 Å². The molecular weight excluding hydrogens is 597 g/mol. The van der Waals surface area contributed by atoms with Crippen LogP contribution < -0.4 is 0 Å². The van der Waals surface area contributed by atoms with Crippen LogP contribution in [0.3, 0.4) is 0 Å². The standard InChI is InChI=1S/C40H26N2O2S.C2H6/c1-4-10-29(11-5-1)45(30-12-6-2-7-13-30,31-14-8-3-9-15-31)32-18-21-38-35(24-32)33-22-27(16-19-37(33)43-38)28-17-20-39-34(23-28)36-25-41-26-42-40(36)44-39;1-2/h1-26H;1-2H3. The van der Waals surface area contributed by atoms with Crippen molar-refractivity contribution in [3.63, 3.8) is 0 Å². The van der Waals surface area contributed by atoms with E-state index in [1.54, 1.807) is 0 Å². The smallest absolute Gasteiger partial charge is 0.230 e. The van der Waals surface area contributed by atoms with Crippen LogP contribution in [0, 0.1) is 0 Å². The molecule has 3 aromatic heterocycles. The Balaban J connectivity index is 0.00000159. The van der Waals surface area contributed by atoms with Gasteiger partial charge in [-0.2, -0.15) is 0 Å². The van der Waals surface area contributed by atoms with E-state index in [0.717, 1.165) is 49.4 Å². The molecule has 0 bridgehead atoms. The van der Waals surface area contributed by atoms with E-state index in [4.69, 9.17) is 8.83 Å². The van der Waals surface area contributed by atoms with Crippen molar-refractivity contribution in [2.45, 2.75) is 33.4 Å². The Bertz CT molecular complexity index is 2390. The Morgan fingerprint density at radius 2 is 0.915 bits per heavy atom. The van der Waals surface area contributed by atoms with E-state index in [0.29, 0.717) is 5.71 Å². The number of hydrogen-bond acceptors (Lipinski definition) is 4. The van der Waals surface area contributed by atoms with E-state index >= 15 is 0 Å². The number of benzene rings is 6. The molecule has 0 atom stereocenters. The van der Waals surface area contributed by atoms with Gasteiger partial charge in [0.15, 0.2) is 0 Å². The van der Waals surface area contributed by atoms with Crippen LogP contribution in [0.2, 0.25) is 0 Å². The third kappa shape index (κ3) is 4.70. The van der Waals surface area contributed by atoms with Crippen LogP contribution in [0.4, 0.5) is 0 Å². The van der Waals surface area contributed by atoms with Gasteiger partial charge >= 0.3 is 0 Å². The summed E-state index contributed by atoms with van der Waals surface area (Å²) in [7, 11) is -1.81. The minimum Gasteiger partial charge on any atom is -0.456 e. The lowest BCUT2D eigenvalue weighted by Crippen LogP contribution is -2.04. The Morgan fingerprint density at radius 3 is 1.47 bits per heavy atom. The van der Waals surface area contributed by atoms with Crippen LogP contribution in [-0.4, -0.2) is 9.97 Å². The van der Waals surface area contributed by atoms with Crippen molar-refractivity contribution >= 4 is 54.0 Å². The molecule has 228 valence electrons. The Morgan fingerprint density at radius 1 is 0.447 bits per heavy atom. The fraction of sp³-hybridized carbons (Fsp3) is 0.0476. The zero-order valence-corrected chi connectivity index (χ0v) is 26.9. The lowest BCUT2D eigenvalue weighted by atomic mass is 10.0. The molecule has 3 heterocycles. The molecule has 0 fully saturated rings. The summed E-state index contributed by atoms with van der Waals surface area (Å²) in [5, 5.41) is 4.11. The number of hydrogen-bond donors (Lipinski definition) is 0. The molecule has 9 rings (SSSR count). The molecule has 0 amide bonds. The molecule has 9 aromatic rings.